The Bertz CT molecular complexity index is 499. The Morgan fingerprint density at radius 2 is 2.00 bits per heavy atom. The van der Waals surface area contributed by atoms with Gasteiger partial charge in [0, 0.05) is 18.4 Å². The fraction of sp³-hybridized carbons (Fsp3) is 0.455. The number of hydrogen-bond acceptors (Lipinski definition) is 4. The number of anilines is 2. The molecule has 1 atom stereocenters. The minimum atomic E-state index is -3.21. The van der Waals surface area contributed by atoms with Crippen molar-refractivity contribution in [3.63, 3.8) is 0 Å². The average molecular weight is 257 g/mol. The highest BCUT2D eigenvalue weighted by Crippen LogP contribution is 2.20. The first-order valence-corrected chi connectivity index (χ1v) is 7.16. The van der Waals surface area contributed by atoms with Crippen LogP contribution in [0.3, 0.4) is 0 Å². The lowest BCUT2D eigenvalue weighted by Crippen LogP contribution is -2.43. The van der Waals surface area contributed by atoms with Crippen molar-refractivity contribution in [1.82, 2.24) is 4.72 Å². The lowest BCUT2D eigenvalue weighted by Gasteiger charge is -2.27. The number of aryl methyl sites for hydroxylation is 1. The quantitative estimate of drug-likeness (QED) is 0.621. The SMILES string of the molecule is Cc1cc(N(C)C(C)NS(C)(=O)=O)ccc1N. The first-order chi connectivity index (χ1) is 7.70. The Hall–Kier alpha value is -1.27. The highest BCUT2D eigenvalue weighted by atomic mass is 32.2. The van der Waals surface area contributed by atoms with E-state index in [4.69, 9.17) is 5.73 Å². The molecule has 5 nitrogen and oxygen atoms in total. The third-order valence-corrected chi connectivity index (χ3v) is 3.40. The largest absolute Gasteiger partial charge is 0.399 e. The Balaban J connectivity index is 2.88. The van der Waals surface area contributed by atoms with Gasteiger partial charge in [0.25, 0.3) is 0 Å². The monoisotopic (exact) mass is 257 g/mol. The summed E-state index contributed by atoms with van der Waals surface area (Å²) in [4.78, 5) is 1.84. The molecule has 96 valence electrons. The molecule has 17 heavy (non-hydrogen) atoms. The summed E-state index contributed by atoms with van der Waals surface area (Å²) in [6, 6.07) is 5.60. The zero-order valence-electron chi connectivity index (χ0n) is 10.6. The summed E-state index contributed by atoms with van der Waals surface area (Å²) in [6.07, 6.45) is 0.832. The van der Waals surface area contributed by atoms with E-state index < -0.39 is 10.0 Å². The zero-order valence-corrected chi connectivity index (χ0v) is 11.4. The molecule has 0 aromatic heterocycles. The number of hydrogen-bond donors (Lipinski definition) is 2. The lowest BCUT2D eigenvalue weighted by atomic mass is 10.1. The molecular weight excluding hydrogens is 238 g/mol. The molecule has 0 radical (unpaired) electrons. The van der Waals surface area contributed by atoms with E-state index in [9.17, 15) is 8.42 Å². The normalized spacial score (nSPS) is 13.4. The number of nitrogens with one attached hydrogen (secondary N) is 1. The molecule has 0 aliphatic heterocycles. The van der Waals surface area contributed by atoms with E-state index in [0.29, 0.717) is 0 Å². The summed E-state index contributed by atoms with van der Waals surface area (Å²) in [5, 5.41) is 0. The average Bonchev–Trinajstić information content (AvgIpc) is 2.18. The summed E-state index contributed by atoms with van der Waals surface area (Å²) in [5.74, 6) is 0. The van der Waals surface area contributed by atoms with Crippen LogP contribution in [0.25, 0.3) is 0 Å². The highest BCUT2D eigenvalue weighted by Gasteiger charge is 2.14. The molecule has 0 fully saturated rings. The zero-order chi connectivity index (χ0) is 13.2. The van der Waals surface area contributed by atoms with Crippen molar-refractivity contribution in [1.29, 1.82) is 0 Å². The maximum atomic E-state index is 11.1. The van der Waals surface area contributed by atoms with Gasteiger partial charge in [0.1, 0.15) is 0 Å². The Morgan fingerprint density at radius 3 is 2.47 bits per heavy atom. The van der Waals surface area contributed by atoms with Crippen LogP contribution in [0.5, 0.6) is 0 Å². The van der Waals surface area contributed by atoms with Crippen LogP contribution in [0.2, 0.25) is 0 Å². The van der Waals surface area contributed by atoms with Gasteiger partial charge in [-0.25, -0.2) is 8.42 Å². The van der Waals surface area contributed by atoms with Crippen molar-refractivity contribution in [2.75, 3.05) is 23.9 Å². The smallest absolute Gasteiger partial charge is 0.210 e. The van der Waals surface area contributed by atoms with Crippen molar-refractivity contribution in [3.05, 3.63) is 23.8 Å². The maximum absolute atomic E-state index is 11.1. The van der Waals surface area contributed by atoms with Crippen LogP contribution < -0.4 is 15.4 Å². The maximum Gasteiger partial charge on any atom is 0.210 e. The number of benzene rings is 1. The van der Waals surface area contributed by atoms with Crippen molar-refractivity contribution in [3.8, 4) is 0 Å². The van der Waals surface area contributed by atoms with Crippen LogP contribution >= 0.6 is 0 Å². The van der Waals surface area contributed by atoms with Gasteiger partial charge in [-0.15, -0.1) is 0 Å². The molecule has 1 unspecified atom stereocenters. The molecule has 0 saturated heterocycles. The fourth-order valence-corrected chi connectivity index (χ4v) is 2.27. The summed E-state index contributed by atoms with van der Waals surface area (Å²) in [6.45, 7) is 3.70. The minimum absolute atomic E-state index is 0.312. The van der Waals surface area contributed by atoms with Gasteiger partial charge in [-0.1, -0.05) is 0 Å². The van der Waals surface area contributed by atoms with Gasteiger partial charge >= 0.3 is 0 Å². The van der Waals surface area contributed by atoms with Crippen molar-refractivity contribution < 1.29 is 8.42 Å². The van der Waals surface area contributed by atoms with Crippen molar-refractivity contribution >= 4 is 21.4 Å². The van der Waals surface area contributed by atoms with E-state index in [1.54, 1.807) is 6.92 Å². The summed E-state index contributed by atoms with van der Waals surface area (Å²) in [5.41, 5.74) is 8.35. The molecular formula is C11H19N3O2S. The summed E-state index contributed by atoms with van der Waals surface area (Å²) >= 11 is 0. The molecule has 0 heterocycles. The van der Waals surface area contributed by atoms with E-state index in [2.05, 4.69) is 4.72 Å². The summed E-state index contributed by atoms with van der Waals surface area (Å²) in [7, 11) is -1.38. The fourth-order valence-electron chi connectivity index (χ4n) is 1.49. The number of sulfonamides is 1. The van der Waals surface area contributed by atoms with Gasteiger partial charge in [-0.2, -0.15) is 4.72 Å². The first kappa shape index (κ1) is 13.8. The van der Waals surface area contributed by atoms with E-state index in [-0.39, 0.29) is 6.17 Å². The molecule has 0 aliphatic carbocycles. The summed E-state index contributed by atoms with van der Waals surface area (Å²) < 4.78 is 24.8. The van der Waals surface area contributed by atoms with Crippen LogP contribution in [0, 0.1) is 6.92 Å². The molecule has 1 aromatic carbocycles. The second-order valence-electron chi connectivity index (χ2n) is 4.22. The van der Waals surface area contributed by atoms with Gasteiger partial charge in [0.15, 0.2) is 0 Å². The van der Waals surface area contributed by atoms with Gasteiger partial charge in [0.2, 0.25) is 10.0 Å². The molecule has 0 spiro atoms. The second-order valence-corrected chi connectivity index (χ2v) is 6.00. The van der Waals surface area contributed by atoms with E-state index in [1.807, 2.05) is 37.1 Å². The number of rotatable bonds is 4. The number of nitrogens with zero attached hydrogens (tertiary/aromatic N) is 1. The Labute approximate surface area is 103 Å². The Kier molecular flexibility index (Phi) is 4.00. The van der Waals surface area contributed by atoms with Crippen LogP contribution in [-0.4, -0.2) is 27.9 Å². The van der Waals surface area contributed by atoms with Gasteiger partial charge in [-0.05, 0) is 37.6 Å². The predicted octanol–water partition coefficient (Wildman–Crippen LogP) is 0.909. The van der Waals surface area contributed by atoms with E-state index in [0.717, 1.165) is 23.2 Å². The number of nitrogen functional groups attached to an aromatic ring is 1. The molecule has 0 aliphatic rings. The van der Waals surface area contributed by atoms with Crippen LogP contribution in [0.15, 0.2) is 18.2 Å². The molecule has 0 bridgehead atoms. The standard InChI is InChI=1S/C11H19N3O2S/c1-8-7-10(5-6-11(8)12)14(3)9(2)13-17(4,15)16/h5-7,9,13H,12H2,1-4H3. The molecule has 1 aromatic rings. The molecule has 0 saturated carbocycles. The lowest BCUT2D eigenvalue weighted by molar-refractivity contribution is 0.563. The topological polar surface area (TPSA) is 75.4 Å². The molecule has 3 N–H and O–H groups in total. The minimum Gasteiger partial charge on any atom is -0.399 e. The molecule has 1 rings (SSSR count). The van der Waals surface area contributed by atoms with Gasteiger partial charge < -0.3 is 10.6 Å². The first-order valence-electron chi connectivity index (χ1n) is 5.27. The predicted molar refractivity (Wildman–Crippen MR) is 71.4 cm³/mol. The van der Waals surface area contributed by atoms with E-state index in [1.165, 1.54) is 0 Å². The van der Waals surface area contributed by atoms with Gasteiger partial charge in [-0.3, -0.25) is 0 Å². The Morgan fingerprint density at radius 1 is 1.41 bits per heavy atom. The van der Waals surface area contributed by atoms with Crippen molar-refractivity contribution in [2.24, 2.45) is 0 Å². The second kappa shape index (κ2) is 4.93. The van der Waals surface area contributed by atoms with Crippen LogP contribution in [-0.2, 0) is 10.0 Å². The number of nitrogens with two attached hydrogens (primary N) is 1. The highest BCUT2D eigenvalue weighted by molar-refractivity contribution is 7.88. The van der Waals surface area contributed by atoms with Gasteiger partial charge in [0.05, 0.1) is 12.4 Å². The molecule has 6 heteroatoms. The van der Waals surface area contributed by atoms with Crippen molar-refractivity contribution in [2.45, 2.75) is 20.0 Å². The third-order valence-electron chi connectivity index (χ3n) is 2.63. The van der Waals surface area contributed by atoms with Crippen LogP contribution in [0.1, 0.15) is 12.5 Å². The third kappa shape index (κ3) is 3.90. The molecule has 0 amide bonds. The van der Waals surface area contributed by atoms with E-state index >= 15 is 0 Å². The van der Waals surface area contributed by atoms with Crippen LogP contribution in [0.4, 0.5) is 11.4 Å².